The maximum absolute atomic E-state index is 12.1. The Balaban J connectivity index is 1.62. The second-order valence-corrected chi connectivity index (χ2v) is 6.36. The number of ether oxygens (including phenoxy) is 2. The lowest BCUT2D eigenvalue weighted by molar-refractivity contribution is -0.113. The van der Waals surface area contributed by atoms with Gasteiger partial charge in [0, 0.05) is 16.8 Å². The molecular formula is C17H15ClN2O4S. The first-order chi connectivity index (χ1) is 12.1. The Hall–Kier alpha value is -2.38. The summed E-state index contributed by atoms with van der Waals surface area (Å²) in [7, 11) is 3.10. The Morgan fingerprint density at radius 3 is 2.76 bits per heavy atom. The van der Waals surface area contributed by atoms with E-state index in [1.165, 1.54) is 11.8 Å². The van der Waals surface area contributed by atoms with Crippen LogP contribution in [0.3, 0.4) is 0 Å². The number of halogens is 1. The smallest absolute Gasteiger partial charge is 0.257 e. The number of hydrogen-bond acceptors (Lipinski definition) is 6. The molecule has 3 aromatic rings. The van der Waals surface area contributed by atoms with Crippen LogP contribution in [0.5, 0.6) is 11.5 Å². The van der Waals surface area contributed by atoms with Gasteiger partial charge in [-0.15, -0.1) is 0 Å². The zero-order chi connectivity index (χ0) is 17.8. The van der Waals surface area contributed by atoms with E-state index in [4.69, 9.17) is 25.5 Å². The highest BCUT2D eigenvalue weighted by Gasteiger charge is 2.11. The Bertz CT molecular complexity index is 913. The molecule has 6 nitrogen and oxygen atoms in total. The topological polar surface area (TPSA) is 73.6 Å². The van der Waals surface area contributed by atoms with E-state index in [9.17, 15) is 4.79 Å². The lowest BCUT2D eigenvalue weighted by Crippen LogP contribution is -2.14. The van der Waals surface area contributed by atoms with E-state index in [2.05, 4.69) is 10.3 Å². The van der Waals surface area contributed by atoms with Gasteiger partial charge in [0.25, 0.3) is 5.22 Å². The zero-order valence-corrected chi connectivity index (χ0v) is 15.1. The monoisotopic (exact) mass is 378 g/mol. The van der Waals surface area contributed by atoms with E-state index in [1.54, 1.807) is 50.6 Å². The number of hydrogen-bond donors (Lipinski definition) is 1. The molecular weight excluding hydrogens is 364 g/mol. The molecule has 1 aromatic heterocycles. The zero-order valence-electron chi connectivity index (χ0n) is 13.5. The fraction of sp³-hybridized carbons (Fsp3) is 0.176. The molecule has 0 atom stereocenters. The summed E-state index contributed by atoms with van der Waals surface area (Å²) in [6, 6.07) is 10.4. The number of carbonyl (C=O) groups excluding carboxylic acids is 1. The molecule has 0 radical (unpaired) electrons. The van der Waals surface area contributed by atoms with Gasteiger partial charge in [0.1, 0.15) is 5.52 Å². The quantitative estimate of drug-likeness (QED) is 0.647. The van der Waals surface area contributed by atoms with Crippen molar-refractivity contribution < 1.29 is 18.7 Å². The van der Waals surface area contributed by atoms with Gasteiger partial charge in [-0.05, 0) is 30.3 Å². The molecule has 0 aliphatic rings. The molecule has 0 unspecified atom stereocenters. The first-order valence-electron chi connectivity index (χ1n) is 7.30. The highest BCUT2D eigenvalue weighted by atomic mass is 35.5. The predicted octanol–water partition coefficient (Wildman–Crippen LogP) is 4.23. The van der Waals surface area contributed by atoms with Gasteiger partial charge >= 0.3 is 0 Å². The number of thioether (sulfide) groups is 1. The average molecular weight is 379 g/mol. The molecule has 0 spiro atoms. The van der Waals surface area contributed by atoms with Gasteiger partial charge in [-0.1, -0.05) is 23.4 Å². The van der Waals surface area contributed by atoms with Crippen molar-refractivity contribution in [2.75, 3.05) is 25.3 Å². The highest BCUT2D eigenvalue weighted by Crippen LogP contribution is 2.30. The Kier molecular flexibility index (Phi) is 5.35. The third-order valence-corrected chi connectivity index (χ3v) is 4.39. The van der Waals surface area contributed by atoms with Crippen LogP contribution in [0.25, 0.3) is 11.1 Å². The number of fused-ring (bicyclic) bond motifs is 1. The molecule has 0 saturated carbocycles. The van der Waals surface area contributed by atoms with Crippen LogP contribution in [0.15, 0.2) is 46.0 Å². The summed E-state index contributed by atoms with van der Waals surface area (Å²) in [6.07, 6.45) is 0. The van der Waals surface area contributed by atoms with Crippen LogP contribution in [-0.4, -0.2) is 30.9 Å². The van der Waals surface area contributed by atoms with Crippen LogP contribution < -0.4 is 14.8 Å². The van der Waals surface area contributed by atoms with Crippen LogP contribution in [0.4, 0.5) is 5.69 Å². The van der Waals surface area contributed by atoms with Gasteiger partial charge in [-0.2, -0.15) is 0 Å². The van der Waals surface area contributed by atoms with E-state index in [0.29, 0.717) is 38.5 Å². The van der Waals surface area contributed by atoms with Crippen LogP contribution in [0.1, 0.15) is 0 Å². The summed E-state index contributed by atoms with van der Waals surface area (Å²) < 4.78 is 15.9. The van der Waals surface area contributed by atoms with Crippen molar-refractivity contribution in [2.45, 2.75) is 5.22 Å². The average Bonchev–Trinajstić information content (AvgIpc) is 3.01. The molecule has 3 rings (SSSR count). The van der Waals surface area contributed by atoms with E-state index in [-0.39, 0.29) is 11.7 Å². The SMILES string of the molecule is COc1ccc(NC(=O)CSc2nc3cc(Cl)ccc3o2)cc1OC. The summed E-state index contributed by atoms with van der Waals surface area (Å²) in [4.78, 5) is 16.4. The van der Waals surface area contributed by atoms with Gasteiger partial charge in [0.05, 0.1) is 20.0 Å². The number of nitrogens with zero attached hydrogens (tertiary/aromatic N) is 1. The fourth-order valence-corrected chi connectivity index (χ4v) is 2.98. The third kappa shape index (κ3) is 4.18. The van der Waals surface area contributed by atoms with Crippen molar-refractivity contribution in [3.05, 3.63) is 41.4 Å². The molecule has 0 saturated heterocycles. The molecule has 0 bridgehead atoms. The van der Waals surface area contributed by atoms with Gasteiger partial charge in [0.15, 0.2) is 17.1 Å². The maximum atomic E-state index is 12.1. The van der Waals surface area contributed by atoms with Crippen molar-refractivity contribution >= 4 is 46.1 Å². The number of amides is 1. The third-order valence-electron chi connectivity index (χ3n) is 3.32. The molecule has 2 aromatic carbocycles. The molecule has 1 amide bonds. The number of rotatable bonds is 6. The number of nitrogens with one attached hydrogen (secondary N) is 1. The van der Waals surface area contributed by atoms with E-state index < -0.39 is 0 Å². The van der Waals surface area contributed by atoms with E-state index in [1.807, 2.05) is 0 Å². The minimum absolute atomic E-state index is 0.162. The van der Waals surface area contributed by atoms with Crippen molar-refractivity contribution in [3.63, 3.8) is 0 Å². The van der Waals surface area contributed by atoms with Crippen LogP contribution in [-0.2, 0) is 4.79 Å². The summed E-state index contributed by atoms with van der Waals surface area (Å²) in [5.41, 5.74) is 1.91. The number of carbonyl (C=O) groups is 1. The number of benzene rings is 2. The number of oxazole rings is 1. The first kappa shape index (κ1) is 17.4. The summed E-state index contributed by atoms with van der Waals surface area (Å²) in [5, 5.41) is 3.80. The van der Waals surface area contributed by atoms with Crippen LogP contribution >= 0.6 is 23.4 Å². The minimum atomic E-state index is -0.183. The molecule has 0 aliphatic carbocycles. The molecule has 130 valence electrons. The predicted molar refractivity (Wildman–Crippen MR) is 97.9 cm³/mol. The van der Waals surface area contributed by atoms with Crippen molar-refractivity contribution in [1.82, 2.24) is 4.98 Å². The first-order valence-corrected chi connectivity index (χ1v) is 8.66. The van der Waals surface area contributed by atoms with Crippen molar-refractivity contribution in [1.29, 1.82) is 0 Å². The largest absolute Gasteiger partial charge is 0.493 e. The minimum Gasteiger partial charge on any atom is -0.493 e. The molecule has 0 aliphatic heterocycles. The lowest BCUT2D eigenvalue weighted by Gasteiger charge is -2.10. The lowest BCUT2D eigenvalue weighted by atomic mass is 10.2. The van der Waals surface area contributed by atoms with E-state index >= 15 is 0 Å². The fourth-order valence-electron chi connectivity index (χ4n) is 2.18. The molecule has 1 N–H and O–H groups in total. The van der Waals surface area contributed by atoms with Crippen LogP contribution in [0, 0.1) is 0 Å². The normalized spacial score (nSPS) is 10.7. The molecule has 25 heavy (non-hydrogen) atoms. The Morgan fingerprint density at radius 2 is 2.00 bits per heavy atom. The molecule has 0 fully saturated rings. The second-order valence-electron chi connectivity index (χ2n) is 5.00. The molecule has 8 heteroatoms. The number of methoxy groups -OCH3 is 2. The standard InChI is InChI=1S/C17H15ClN2O4S/c1-22-14-6-4-11(8-15(14)23-2)19-16(21)9-25-17-20-12-7-10(18)3-5-13(12)24-17/h3-8H,9H2,1-2H3,(H,19,21). The van der Waals surface area contributed by atoms with E-state index in [0.717, 1.165) is 0 Å². The Morgan fingerprint density at radius 1 is 1.20 bits per heavy atom. The van der Waals surface area contributed by atoms with Gasteiger partial charge in [-0.3, -0.25) is 4.79 Å². The van der Waals surface area contributed by atoms with Crippen molar-refractivity contribution in [3.8, 4) is 11.5 Å². The number of anilines is 1. The highest BCUT2D eigenvalue weighted by molar-refractivity contribution is 7.99. The summed E-state index contributed by atoms with van der Waals surface area (Å²) >= 11 is 7.13. The van der Waals surface area contributed by atoms with Gasteiger partial charge < -0.3 is 19.2 Å². The number of aromatic nitrogens is 1. The van der Waals surface area contributed by atoms with Gasteiger partial charge in [0.2, 0.25) is 5.91 Å². The maximum Gasteiger partial charge on any atom is 0.257 e. The van der Waals surface area contributed by atoms with Crippen molar-refractivity contribution in [2.24, 2.45) is 0 Å². The molecule has 1 heterocycles. The second kappa shape index (κ2) is 7.67. The Labute approximate surface area is 153 Å². The summed E-state index contributed by atoms with van der Waals surface area (Å²) in [5.74, 6) is 1.12. The van der Waals surface area contributed by atoms with Crippen LogP contribution in [0.2, 0.25) is 5.02 Å². The van der Waals surface area contributed by atoms with Gasteiger partial charge in [-0.25, -0.2) is 4.98 Å². The summed E-state index contributed by atoms with van der Waals surface area (Å²) in [6.45, 7) is 0.